The molecular weight excluding hydrogens is 240 g/mol. The third kappa shape index (κ3) is 1.50. The van der Waals surface area contributed by atoms with E-state index in [-0.39, 0.29) is 41.6 Å². The Balaban J connectivity index is 1.73. The van der Waals surface area contributed by atoms with Crippen molar-refractivity contribution < 1.29 is 18.9 Å². The quantitative estimate of drug-likeness (QED) is 0.300. The molecule has 2 heterocycles. The van der Waals surface area contributed by atoms with Crippen molar-refractivity contribution in [2.24, 2.45) is 17.7 Å². The maximum Gasteiger partial charge on any atom is 0.287 e. The number of nitrogens with two attached hydrogens (primary N) is 1. The number of imide groups is 1. The Kier molecular flexibility index (Phi) is 2.20. The number of carbonyl (C=O) groups is 3. The van der Waals surface area contributed by atoms with E-state index >= 15 is 0 Å². The third-order valence-electron chi connectivity index (χ3n) is 3.19. The molecule has 1 aromatic rings. The van der Waals surface area contributed by atoms with Crippen molar-refractivity contribution in [1.82, 2.24) is 15.5 Å². The van der Waals surface area contributed by atoms with Crippen molar-refractivity contribution in [3.8, 4) is 0 Å². The largest absolute Gasteiger partial charge is 0.359 e. The third-order valence-corrected chi connectivity index (χ3v) is 3.19. The summed E-state index contributed by atoms with van der Waals surface area (Å²) in [5, 5.41) is 3.49. The van der Waals surface area contributed by atoms with Crippen LogP contribution in [0.3, 0.4) is 0 Å². The standard InChI is InChI=1S/C10H10N4O4/c11-12-8(15)7-1-4(18-13-7)3-14-9(16)5-2-6(5)10(14)17/h1,5-6H,2-3,11H2,(H,12,15). The first-order valence-electron chi connectivity index (χ1n) is 5.43. The number of rotatable bonds is 3. The van der Waals surface area contributed by atoms with Gasteiger partial charge in [0.15, 0.2) is 11.5 Å². The van der Waals surface area contributed by atoms with Crippen molar-refractivity contribution in [2.45, 2.75) is 13.0 Å². The molecule has 8 nitrogen and oxygen atoms in total. The first-order valence-corrected chi connectivity index (χ1v) is 5.43. The van der Waals surface area contributed by atoms with Crippen molar-refractivity contribution in [1.29, 1.82) is 0 Å². The van der Waals surface area contributed by atoms with E-state index in [0.717, 1.165) is 4.90 Å². The lowest BCUT2D eigenvalue weighted by Gasteiger charge is -2.13. The zero-order valence-electron chi connectivity index (χ0n) is 9.25. The van der Waals surface area contributed by atoms with E-state index in [1.54, 1.807) is 0 Å². The van der Waals surface area contributed by atoms with Gasteiger partial charge in [-0.3, -0.25) is 24.7 Å². The van der Waals surface area contributed by atoms with Crippen molar-refractivity contribution in [2.75, 3.05) is 0 Å². The number of piperidine rings is 1. The number of fused-ring (bicyclic) bond motifs is 1. The highest BCUT2D eigenvalue weighted by Crippen LogP contribution is 2.47. The summed E-state index contributed by atoms with van der Waals surface area (Å²) >= 11 is 0. The predicted octanol–water partition coefficient (Wildman–Crippen LogP) is -1.22. The fourth-order valence-electron chi connectivity index (χ4n) is 2.13. The van der Waals surface area contributed by atoms with Crippen molar-refractivity contribution in [3.63, 3.8) is 0 Å². The number of hydrazine groups is 1. The summed E-state index contributed by atoms with van der Waals surface area (Å²) in [7, 11) is 0. The molecule has 3 N–H and O–H groups in total. The average molecular weight is 250 g/mol. The molecule has 3 rings (SSSR count). The lowest BCUT2D eigenvalue weighted by atomic mass is 10.3. The van der Waals surface area contributed by atoms with Gasteiger partial charge in [-0.25, -0.2) is 5.84 Å². The Morgan fingerprint density at radius 3 is 2.78 bits per heavy atom. The van der Waals surface area contributed by atoms with Crippen molar-refractivity contribution >= 4 is 17.7 Å². The molecule has 2 unspecified atom stereocenters. The van der Waals surface area contributed by atoms with E-state index in [4.69, 9.17) is 10.4 Å². The van der Waals surface area contributed by atoms with Gasteiger partial charge in [0, 0.05) is 6.07 Å². The number of amides is 3. The van der Waals surface area contributed by atoms with Crippen LogP contribution in [0, 0.1) is 11.8 Å². The normalized spacial score (nSPS) is 25.3. The lowest BCUT2D eigenvalue weighted by Crippen LogP contribution is -2.32. The van der Waals surface area contributed by atoms with E-state index in [2.05, 4.69) is 5.16 Å². The zero-order valence-corrected chi connectivity index (χ0v) is 9.25. The van der Waals surface area contributed by atoms with E-state index in [1.807, 2.05) is 5.43 Å². The summed E-state index contributed by atoms with van der Waals surface area (Å²) in [5.41, 5.74) is 1.92. The van der Waals surface area contributed by atoms with Crippen LogP contribution in [0.2, 0.25) is 0 Å². The minimum absolute atomic E-state index is 0.00944. The number of likely N-dealkylation sites (tertiary alicyclic amines) is 1. The molecule has 2 aliphatic rings. The number of carbonyl (C=O) groups excluding carboxylic acids is 3. The molecule has 3 amide bonds. The van der Waals surface area contributed by atoms with Gasteiger partial charge in [0.1, 0.15) is 0 Å². The molecule has 1 aliphatic heterocycles. The molecule has 1 aromatic heterocycles. The van der Waals surface area contributed by atoms with Gasteiger partial charge in [-0.05, 0) is 6.42 Å². The molecule has 0 radical (unpaired) electrons. The van der Waals surface area contributed by atoms with Gasteiger partial charge in [0.2, 0.25) is 11.8 Å². The first-order chi connectivity index (χ1) is 8.61. The van der Waals surface area contributed by atoms with Gasteiger partial charge >= 0.3 is 0 Å². The van der Waals surface area contributed by atoms with Gasteiger partial charge in [-0.15, -0.1) is 0 Å². The molecule has 0 spiro atoms. The molecule has 1 aliphatic carbocycles. The van der Waals surface area contributed by atoms with Gasteiger partial charge < -0.3 is 4.52 Å². The summed E-state index contributed by atoms with van der Waals surface area (Å²) in [6.07, 6.45) is 0.658. The molecule has 1 saturated heterocycles. The molecule has 18 heavy (non-hydrogen) atoms. The van der Waals surface area contributed by atoms with E-state index < -0.39 is 5.91 Å². The summed E-state index contributed by atoms with van der Waals surface area (Å²) in [6.45, 7) is 0.00944. The Labute approximate surface area is 101 Å². The maximum atomic E-state index is 11.7. The molecular formula is C10H10N4O4. The molecule has 1 saturated carbocycles. The number of nitrogens with one attached hydrogen (secondary N) is 1. The highest BCUT2D eigenvalue weighted by Gasteiger charge is 2.58. The second-order valence-corrected chi connectivity index (χ2v) is 4.36. The fourth-order valence-corrected chi connectivity index (χ4v) is 2.13. The molecule has 2 atom stereocenters. The van der Waals surface area contributed by atoms with E-state index in [0.29, 0.717) is 6.42 Å². The van der Waals surface area contributed by atoms with Crippen LogP contribution in [0.4, 0.5) is 0 Å². The molecule has 94 valence electrons. The number of hydrogen-bond acceptors (Lipinski definition) is 6. The lowest BCUT2D eigenvalue weighted by molar-refractivity contribution is -0.142. The Hall–Kier alpha value is -2.22. The fraction of sp³-hybridized carbons (Fsp3) is 0.400. The summed E-state index contributed by atoms with van der Waals surface area (Å²) in [4.78, 5) is 35.7. The topological polar surface area (TPSA) is 119 Å². The molecule has 0 aromatic carbocycles. The van der Waals surface area contributed by atoms with Gasteiger partial charge in [0.25, 0.3) is 5.91 Å². The van der Waals surface area contributed by atoms with Crippen LogP contribution in [-0.4, -0.2) is 27.8 Å². The van der Waals surface area contributed by atoms with E-state index in [9.17, 15) is 14.4 Å². The molecule has 8 heteroatoms. The van der Waals surface area contributed by atoms with Gasteiger partial charge in [0.05, 0.1) is 18.4 Å². The van der Waals surface area contributed by atoms with E-state index in [1.165, 1.54) is 6.07 Å². The van der Waals surface area contributed by atoms with Crippen molar-refractivity contribution in [3.05, 3.63) is 17.5 Å². The minimum Gasteiger partial charge on any atom is -0.359 e. The van der Waals surface area contributed by atoms with Crippen LogP contribution >= 0.6 is 0 Å². The number of hydrogen-bond donors (Lipinski definition) is 2. The van der Waals surface area contributed by atoms with Crippen LogP contribution in [0.15, 0.2) is 10.6 Å². The Bertz CT molecular complexity index is 532. The Morgan fingerprint density at radius 1 is 1.50 bits per heavy atom. The molecule has 0 bridgehead atoms. The highest BCUT2D eigenvalue weighted by molar-refractivity contribution is 6.08. The van der Waals surface area contributed by atoms with Gasteiger partial charge in [-0.2, -0.15) is 0 Å². The van der Waals surface area contributed by atoms with Crippen LogP contribution in [0.5, 0.6) is 0 Å². The predicted molar refractivity (Wildman–Crippen MR) is 55.3 cm³/mol. The smallest absolute Gasteiger partial charge is 0.287 e. The second-order valence-electron chi connectivity index (χ2n) is 4.36. The number of aromatic nitrogens is 1. The highest BCUT2D eigenvalue weighted by atomic mass is 16.5. The van der Waals surface area contributed by atoms with Gasteiger partial charge in [-0.1, -0.05) is 5.16 Å². The molecule has 2 fully saturated rings. The SMILES string of the molecule is NNC(=O)c1cc(CN2C(=O)C3CC3C2=O)on1. The summed E-state index contributed by atoms with van der Waals surface area (Å²) in [5.74, 6) is 3.99. The van der Waals surface area contributed by atoms with Crippen LogP contribution < -0.4 is 11.3 Å². The summed E-state index contributed by atoms with van der Waals surface area (Å²) < 4.78 is 4.88. The number of nitrogen functional groups attached to an aromatic ring is 1. The zero-order chi connectivity index (χ0) is 12.9. The first kappa shape index (κ1) is 10.9. The van der Waals surface area contributed by atoms with Crippen LogP contribution in [0.25, 0.3) is 0 Å². The number of nitrogens with zero attached hydrogens (tertiary/aromatic N) is 2. The maximum absolute atomic E-state index is 11.7. The van der Waals surface area contributed by atoms with Crippen LogP contribution in [0.1, 0.15) is 22.7 Å². The monoisotopic (exact) mass is 250 g/mol. The average Bonchev–Trinajstić information content (AvgIpc) is 2.98. The minimum atomic E-state index is -0.591. The second kappa shape index (κ2) is 3.64. The Morgan fingerprint density at radius 2 is 2.17 bits per heavy atom. The van der Waals surface area contributed by atoms with Crippen LogP contribution in [-0.2, 0) is 16.1 Å². The summed E-state index contributed by atoms with van der Waals surface area (Å²) in [6, 6.07) is 1.35.